The second-order valence-electron chi connectivity index (χ2n) is 1.86. The first kappa shape index (κ1) is 13.0. The third-order valence-corrected chi connectivity index (χ3v) is 1.25. The zero-order valence-electron chi connectivity index (χ0n) is 9.07. The maximum absolute atomic E-state index is 5.48. The topological polar surface area (TPSA) is 80.5 Å². The predicted octanol–water partition coefficient (Wildman–Crippen LogP) is -5.83. The number of imidazole rings is 1. The molecule has 0 saturated heterocycles. The molecule has 0 unspecified atom stereocenters. The number of hydrogen-bond donors (Lipinski definition) is 2. The minimum Gasteiger partial charge on any atom is -1.00 e. The second-order valence-corrected chi connectivity index (χ2v) is 1.86. The van der Waals surface area contributed by atoms with Crippen molar-refractivity contribution in [1.82, 2.24) is 19.9 Å². The molecule has 12 heavy (non-hydrogen) atoms. The van der Waals surface area contributed by atoms with Crippen LogP contribution in [0.25, 0.3) is 11.2 Å². The Balaban J connectivity index is -0.000000302. The molecule has 0 aliphatic rings. The summed E-state index contributed by atoms with van der Waals surface area (Å²) in [6, 6.07) is 0. The summed E-state index contributed by atoms with van der Waals surface area (Å²) in [7, 11) is 0. The number of aromatic amines is 1. The average Bonchev–Trinajstić information content (AvgIpc) is 2.36. The van der Waals surface area contributed by atoms with Gasteiger partial charge in [-0.05, 0) is 0 Å². The molecule has 0 saturated carbocycles. The Morgan fingerprint density at radius 1 is 1.33 bits per heavy atom. The molecule has 0 radical (unpaired) electrons. The van der Waals surface area contributed by atoms with E-state index in [1.165, 1.54) is 12.7 Å². The van der Waals surface area contributed by atoms with E-state index in [-0.39, 0.29) is 83.8 Å². The average molecular weight is 199 g/mol. The summed E-state index contributed by atoms with van der Waals surface area (Å²) < 4.78 is 0. The van der Waals surface area contributed by atoms with E-state index in [9.17, 15) is 0 Å². The molecule has 0 amide bonds. The monoisotopic (exact) mass is 199 g/mol. The minimum atomic E-state index is 0. The van der Waals surface area contributed by atoms with Gasteiger partial charge in [0.05, 0.1) is 6.33 Å². The quantitative estimate of drug-likeness (QED) is 0.414. The van der Waals surface area contributed by atoms with Crippen molar-refractivity contribution in [3.05, 3.63) is 12.7 Å². The summed E-state index contributed by atoms with van der Waals surface area (Å²) in [5, 5.41) is 0. The van der Waals surface area contributed by atoms with Gasteiger partial charge in [-0.15, -0.1) is 0 Å². The standard InChI is InChI=1S/C5H5N5.K.Na.2H/c6-4-3-5(9-1-7-3)10-2-8-4;;;;/h1-2H,(H3,6,7,8,9,10);;;;/q;2*+1;2*-1. The van der Waals surface area contributed by atoms with Crippen molar-refractivity contribution >= 4 is 17.0 Å². The summed E-state index contributed by atoms with van der Waals surface area (Å²) >= 11 is 0. The van der Waals surface area contributed by atoms with Crippen LogP contribution >= 0.6 is 0 Å². The van der Waals surface area contributed by atoms with E-state index >= 15 is 0 Å². The molecule has 2 rings (SSSR count). The van der Waals surface area contributed by atoms with Gasteiger partial charge in [0.1, 0.15) is 11.8 Å². The molecule has 2 aromatic heterocycles. The van der Waals surface area contributed by atoms with Gasteiger partial charge >= 0.3 is 80.9 Å². The third-order valence-electron chi connectivity index (χ3n) is 1.25. The molecule has 0 fully saturated rings. The zero-order chi connectivity index (χ0) is 6.97. The first-order chi connectivity index (χ1) is 4.88. The van der Waals surface area contributed by atoms with Gasteiger partial charge in [0.2, 0.25) is 0 Å². The molecular formula is C5H7KN5Na. The van der Waals surface area contributed by atoms with E-state index in [1.54, 1.807) is 0 Å². The van der Waals surface area contributed by atoms with Crippen molar-refractivity contribution in [2.45, 2.75) is 0 Å². The minimum absolute atomic E-state index is 0. The number of aromatic nitrogens is 4. The van der Waals surface area contributed by atoms with E-state index in [0.29, 0.717) is 17.0 Å². The normalized spacial score (nSPS) is 8.67. The Labute approximate surface area is 137 Å². The molecule has 54 valence electrons. The van der Waals surface area contributed by atoms with Gasteiger partial charge in [0.15, 0.2) is 11.5 Å². The van der Waals surface area contributed by atoms with Crippen molar-refractivity contribution in [3.63, 3.8) is 0 Å². The Hall–Kier alpha value is 0.986. The van der Waals surface area contributed by atoms with Crippen LogP contribution < -0.4 is 86.7 Å². The van der Waals surface area contributed by atoms with E-state index in [0.717, 1.165) is 0 Å². The number of nitrogens with two attached hydrogens (primary N) is 1. The molecule has 0 atom stereocenters. The summed E-state index contributed by atoms with van der Waals surface area (Å²) in [5.41, 5.74) is 6.78. The van der Waals surface area contributed by atoms with Crippen LogP contribution in [0.1, 0.15) is 2.85 Å². The van der Waals surface area contributed by atoms with E-state index in [1.807, 2.05) is 0 Å². The van der Waals surface area contributed by atoms with Crippen LogP contribution in [0.5, 0.6) is 0 Å². The Morgan fingerprint density at radius 3 is 2.75 bits per heavy atom. The second kappa shape index (κ2) is 5.66. The van der Waals surface area contributed by atoms with Crippen LogP contribution in [0, 0.1) is 0 Å². The number of nitrogen functional groups attached to an aromatic ring is 1. The molecule has 0 aliphatic heterocycles. The molecule has 0 aliphatic carbocycles. The summed E-state index contributed by atoms with van der Waals surface area (Å²) in [4.78, 5) is 14.4. The number of fused-ring (bicyclic) bond motifs is 1. The number of anilines is 1. The number of nitrogens with one attached hydrogen (secondary N) is 1. The predicted molar refractivity (Wildman–Crippen MR) is 38.3 cm³/mol. The number of rotatable bonds is 0. The van der Waals surface area contributed by atoms with Gasteiger partial charge in [-0.25, -0.2) is 15.0 Å². The Kier molecular flexibility index (Phi) is 6.13. The molecule has 2 heterocycles. The molecule has 0 aromatic carbocycles. The number of hydrogen-bond acceptors (Lipinski definition) is 4. The summed E-state index contributed by atoms with van der Waals surface area (Å²) in [6.07, 6.45) is 2.92. The first-order valence-electron chi connectivity index (χ1n) is 2.77. The van der Waals surface area contributed by atoms with E-state index in [4.69, 9.17) is 5.73 Å². The molecule has 7 heteroatoms. The van der Waals surface area contributed by atoms with Crippen LogP contribution in [0.15, 0.2) is 12.7 Å². The smallest absolute Gasteiger partial charge is 1.00 e. The maximum Gasteiger partial charge on any atom is 1.00 e. The van der Waals surface area contributed by atoms with Gasteiger partial charge in [0.25, 0.3) is 0 Å². The number of nitrogens with zero attached hydrogens (tertiary/aromatic N) is 3. The molecule has 3 N–H and O–H groups in total. The largest absolute Gasteiger partial charge is 1.00 e. The van der Waals surface area contributed by atoms with Crippen molar-refractivity contribution < 1.29 is 83.8 Å². The summed E-state index contributed by atoms with van der Waals surface area (Å²) in [6.45, 7) is 0. The zero-order valence-corrected chi connectivity index (χ0v) is 12.2. The van der Waals surface area contributed by atoms with Crippen LogP contribution in [0.4, 0.5) is 5.82 Å². The van der Waals surface area contributed by atoms with Crippen LogP contribution in [0.3, 0.4) is 0 Å². The van der Waals surface area contributed by atoms with Crippen molar-refractivity contribution in [1.29, 1.82) is 0 Å². The third kappa shape index (κ3) is 2.49. The van der Waals surface area contributed by atoms with Crippen LogP contribution in [0.2, 0.25) is 0 Å². The van der Waals surface area contributed by atoms with E-state index < -0.39 is 0 Å². The fraction of sp³-hybridized carbons (Fsp3) is 0. The fourth-order valence-electron chi connectivity index (χ4n) is 0.784. The Morgan fingerprint density at radius 2 is 2.08 bits per heavy atom. The van der Waals surface area contributed by atoms with Gasteiger partial charge in [0, 0.05) is 0 Å². The van der Waals surface area contributed by atoms with Crippen molar-refractivity contribution in [2.24, 2.45) is 0 Å². The van der Waals surface area contributed by atoms with Crippen LogP contribution in [-0.2, 0) is 0 Å². The molecule has 5 nitrogen and oxygen atoms in total. The van der Waals surface area contributed by atoms with Crippen molar-refractivity contribution in [2.75, 3.05) is 5.73 Å². The van der Waals surface area contributed by atoms with Crippen molar-refractivity contribution in [3.8, 4) is 0 Å². The van der Waals surface area contributed by atoms with Gasteiger partial charge in [-0.3, -0.25) is 0 Å². The SMILES string of the molecule is Nc1ncnc2nc[nH]c12.[H-].[H-].[K+].[Na+]. The first-order valence-corrected chi connectivity index (χ1v) is 2.77. The Bertz CT molecular complexity index is 370. The number of H-pyrrole nitrogens is 1. The van der Waals surface area contributed by atoms with E-state index in [2.05, 4.69) is 19.9 Å². The van der Waals surface area contributed by atoms with Gasteiger partial charge in [-0.2, -0.15) is 0 Å². The van der Waals surface area contributed by atoms with Gasteiger partial charge < -0.3 is 13.6 Å². The summed E-state index contributed by atoms with van der Waals surface area (Å²) in [5.74, 6) is 0.433. The van der Waals surface area contributed by atoms with Crippen LogP contribution in [-0.4, -0.2) is 19.9 Å². The fourth-order valence-corrected chi connectivity index (χ4v) is 0.784. The molecule has 2 aromatic rings. The molecule has 0 bridgehead atoms. The molecular weight excluding hydrogens is 192 g/mol. The maximum atomic E-state index is 5.48. The molecule has 0 spiro atoms. The van der Waals surface area contributed by atoms with Gasteiger partial charge in [-0.1, -0.05) is 0 Å².